The van der Waals surface area contributed by atoms with Gasteiger partial charge in [0.15, 0.2) is 17.2 Å². The number of fused-ring (bicyclic) bond motifs is 1. The number of anilines is 1. The van der Waals surface area contributed by atoms with Gasteiger partial charge in [0.25, 0.3) is 5.91 Å². The molecule has 1 aromatic heterocycles. The summed E-state index contributed by atoms with van der Waals surface area (Å²) in [4.78, 5) is 23.7. The molecule has 1 aliphatic carbocycles. The summed E-state index contributed by atoms with van der Waals surface area (Å²) in [6, 6.07) is 13.0. The van der Waals surface area contributed by atoms with Crippen LogP contribution in [0.2, 0.25) is 5.02 Å². The molecule has 42 heavy (non-hydrogen) atoms. The predicted molar refractivity (Wildman–Crippen MR) is 170 cm³/mol. The van der Waals surface area contributed by atoms with E-state index in [1.165, 1.54) is 19.3 Å². The van der Waals surface area contributed by atoms with Gasteiger partial charge in [0.05, 0.1) is 25.9 Å². The minimum atomic E-state index is -0.123. The summed E-state index contributed by atoms with van der Waals surface area (Å²) in [5.41, 5.74) is 7.64. The number of nitrogens with two attached hydrogens (primary N) is 1. The summed E-state index contributed by atoms with van der Waals surface area (Å²) in [7, 11) is 4.87. The van der Waals surface area contributed by atoms with Gasteiger partial charge >= 0.3 is 0 Å². The Bertz CT molecular complexity index is 1190. The van der Waals surface area contributed by atoms with E-state index in [0.29, 0.717) is 41.7 Å². The molecule has 232 valence electrons. The number of ether oxygens (including phenoxy) is 3. The second-order valence-corrected chi connectivity index (χ2v) is 9.69. The van der Waals surface area contributed by atoms with Gasteiger partial charge in [-0.15, -0.1) is 0 Å². The van der Waals surface area contributed by atoms with Crippen molar-refractivity contribution in [1.82, 2.24) is 9.78 Å². The summed E-state index contributed by atoms with van der Waals surface area (Å²) in [6.07, 6.45) is 7.49. The van der Waals surface area contributed by atoms with Gasteiger partial charge in [-0.1, -0.05) is 58.6 Å². The minimum absolute atomic E-state index is 0.123. The Kier molecular flexibility index (Phi) is 17.9. The second kappa shape index (κ2) is 20.5. The lowest BCUT2D eigenvalue weighted by Crippen LogP contribution is -2.24. The quantitative estimate of drug-likeness (QED) is 0.285. The molecule has 0 unspecified atom stereocenters. The van der Waals surface area contributed by atoms with Gasteiger partial charge in [-0.2, -0.15) is 5.10 Å². The predicted octanol–water partition coefficient (Wildman–Crippen LogP) is 6.72. The second-order valence-electron chi connectivity index (χ2n) is 9.25. The van der Waals surface area contributed by atoms with Gasteiger partial charge in [0, 0.05) is 49.3 Å². The van der Waals surface area contributed by atoms with Crippen LogP contribution in [0.3, 0.4) is 0 Å². The van der Waals surface area contributed by atoms with Crippen LogP contribution in [-0.2, 0) is 16.1 Å². The van der Waals surface area contributed by atoms with E-state index in [1.54, 1.807) is 43.0 Å². The molecular formula is C32H47ClN4O5. The number of amides is 1. The third-order valence-electron chi connectivity index (χ3n) is 5.69. The molecule has 5 rings (SSSR count). The molecule has 1 fully saturated rings. The Morgan fingerprint density at radius 3 is 2.10 bits per heavy atom. The van der Waals surface area contributed by atoms with E-state index in [1.807, 2.05) is 50.4 Å². The molecule has 3 aromatic rings. The van der Waals surface area contributed by atoms with E-state index in [4.69, 9.17) is 25.9 Å². The first-order valence-electron chi connectivity index (χ1n) is 14.4. The Balaban J connectivity index is 0.000000638. The summed E-state index contributed by atoms with van der Waals surface area (Å²) in [5, 5.41) is 5.16. The van der Waals surface area contributed by atoms with Gasteiger partial charge < -0.3 is 29.6 Å². The Labute approximate surface area is 255 Å². The third-order valence-corrected chi connectivity index (χ3v) is 5.95. The van der Waals surface area contributed by atoms with E-state index in [9.17, 15) is 4.79 Å². The van der Waals surface area contributed by atoms with Crippen LogP contribution < -0.4 is 20.1 Å². The fourth-order valence-corrected chi connectivity index (χ4v) is 3.82. The maximum Gasteiger partial charge on any atom is 0.279 e. The van der Waals surface area contributed by atoms with Crippen LogP contribution in [0.4, 0.5) is 5.69 Å². The molecule has 10 heteroatoms. The number of hydrogen-bond acceptors (Lipinski definition) is 7. The Hall–Kier alpha value is -3.40. The maximum absolute atomic E-state index is 13.0. The Morgan fingerprint density at radius 1 is 1.02 bits per heavy atom. The number of aromatic nitrogens is 2. The summed E-state index contributed by atoms with van der Waals surface area (Å²) in [6.45, 7) is 9.54. The van der Waals surface area contributed by atoms with E-state index < -0.39 is 0 Å². The first-order valence-corrected chi connectivity index (χ1v) is 14.8. The number of rotatable bonds is 8. The smallest absolute Gasteiger partial charge is 0.279 e. The number of halogens is 1. The van der Waals surface area contributed by atoms with Crippen LogP contribution in [0.1, 0.15) is 69.4 Å². The number of carbonyl (C=O) groups excluding carboxylic acids is 2. The SMILES string of the molecule is CC.CCC.COC.COc1cc(N2Cc3cn(-c4ccc(Cl)cc4)nc3C2=O)ccc1OCCC1CC1.NCC=O. The zero-order valence-corrected chi connectivity index (χ0v) is 26.8. The zero-order valence-electron chi connectivity index (χ0n) is 26.1. The number of benzene rings is 2. The highest BCUT2D eigenvalue weighted by molar-refractivity contribution is 6.30. The highest BCUT2D eigenvalue weighted by Gasteiger charge is 2.32. The first-order chi connectivity index (χ1) is 20.4. The summed E-state index contributed by atoms with van der Waals surface area (Å²) in [5.74, 6) is 2.03. The van der Waals surface area contributed by atoms with Crippen molar-refractivity contribution in [3.05, 3.63) is 64.9 Å². The van der Waals surface area contributed by atoms with Gasteiger partial charge in [-0.3, -0.25) is 4.79 Å². The van der Waals surface area contributed by atoms with Crippen LogP contribution >= 0.6 is 11.6 Å². The topological polar surface area (TPSA) is 109 Å². The molecule has 2 N–H and O–H groups in total. The normalized spacial score (nSPS) is 12.6. The zero-order chi connectivity index (χ0) is 31.5. The van der Waals surface area contributed by atoms with Crippen molar-refractivity contribution < 1.29 is 23.8 Å². The van der Waals surface area contributed by atoms with Gasteiger partial charge in [0.1, 0.15) is 6.29 Å². The van der Waals surface area contributed by atoms with E-state index >= 15 is 0 Å². The number of hydrogen-bond donors (Lipinski definition) is 1. The van der Waals surface area contributed by atoms with Crippen molar-refractivity contribution in [2.24, 2.45) is 11.7 Å². The lowest BCUT2D eigenvalue weighted by atomic mass is 10.2. The Morgan fingerprint density at radius 2 is 1.60 bits per heavy atom. The van der Waals surface area contributed by atoms with Crippen LogP contribution in [0.15, 0.2) is 48.7 Å². The van der Waals surface area contributed by atoms with Gasteiger partial charge in [-0.25, -0.2) is 4.68 Å². The van der Waals surface area contributed by atoms with E-state index in [2.05, 4.69) is 29.4 Å². The van der Waals surface area contributed by atoms with Crippen molar-refractivity contribution >= 4 is 29.5 Å². The fourth-order valence-electron chi connectivity index (χ4n) is 3.70. The highest BCUT2D eigenvalue weighted by atomic mass is 35.5. The molecule has 0 saturated heterocycles. The molecule has 2 aliphatic rings. The molecule has 2 aromatic carbocycles. The number of nitrogens with zero attached hydrogens (tertiary/aromatic N) is 3. The van der Waals surface area contributed by atoms with E-state index in [-0.39, 0.29) is 12.5 Å². The van der Waals surface area contributed by atoms with Crippen molar-refractivity contribution in [1.29, 1.82) is 0 Å². The van der Waals surface area contributed by atoms with E-state index in [0.717, 1.165) is 29.3 Å². The molecule has 2 heterocycles. The fraction of sp³-hybridized carbons (Fsp3) is 0.469. The molecule has 1 amide bonds. The molecule has 9 nitrogen and oxygen atoms in total. The largest absolute Gasteiger partial charge is 0.493 e. The molecule has 1 saturated carbocycles. The van der Waals surface area contributed by atoms with Crippen LogP contribution in [0.5, 0.6) is 11.5 Å². The van der Waals surface area contributed by atoms with Crippen LogP contribution in [-0.4, -0.2) is 56.5 Å². The van der Waals surface area contributed by atoms with Gasteiger partial charge in [-0.05, 0) is 48.7 Å². The third kappa shape index (κ3) is 11.5. The van der Waals surface area contributed by atoms with Crippen molar-refractivity contribution in [3.63, 3.8) is 0 Å². The maximum atomic E-state index is 13.0. The van der Waals surface area contributed by atoms with Gasteiger partial charge in [0.2, 0.25) is 0 Å². The number of carbonyl (C=O) groups is 2. The molecule has 0 atom stereocenters. The number of aldehydes is 1. The van der Waals surface area contributed by atoms with Crippen LogP contribution in [0, 0.1) is 5.92 Å². The monoisotopic (exact) mass is 602 g/mol. The van der Waals surface area contributed by atoms with Crippen molar-refractivity contribution in [2.75, 3.05) is 39.4 Å². The lowest BCUT2D eigenvalue weighted by molar-refractivity contribution is -0.106. The average Bonchev–Trinajstić information content (AvgIpc) is 3.66. The molecular weight excluding hydrogens is 556 g/mol. The minimum Gasteiger partial charge on any atom is -0.493 e. The first kappa shape index (κ1) is 36.6. The highest BCUT2D eigenvalue weighted by Crippen LogP contribution is 2.37. The molecule has 1 aliphatic heterocycles. The van der Waals surface area contributed by atoms with Crippen LogP contribution in [0.25, 0.3) is 5.69 Å². The van der Waals surface area contributed by atoms with Crippen molar-refractivity contribution in [2.45, 2.75) is 59.9 Å². The number of methoxy groups -OCH3 is 2. The average molecular weight is 603 g/mol. The summed E-state index contributed by atoms with van der Waals surface area (Å²) >= 11 is 5.95. The van der Waals surface area contributed by atoms with Crippen molar-refractivity contribution in [3.8, 4) is 17.2 Å². The molecule has 0 bridgehead atoms. The standard InChI is InChI=1S/C23H22ClN3O3.C3H8.C2H5NO.C2H6O.C2H6/c1-29-21-12-19(8-9-20(21)30-11-10-15-2-3-15)26-13-16-14-27(25-22(16)23(26)28)18-6-4-17(24)5-7-18;1-3-2;3-1-2-4;1-3-2;1-2/h4-9,12,14-15H,2-3,10-11,13H2,1H3;3H2,1-2H3;2H,1,3H2;1-2H3;1-2H3. The molecule has 0 spiro atoms. The molecule has 0 radical (unpaired) electrons. The summed E-state index contributed by atoms with van der Waals surface area (Å²) < 4.78 is 17.4. The lowest BCUT2D eigenvalue weighted by Gasteiger charge is -2.18.